The maximum Gasteiger partial charge on any atom is 0.244 e. The standard InChI is InChI=1S/C20H29N5O4/c1-25-20(27)17-14(21-13-7-4-11(10-28-2)8-15(13)29-3)9-16(22-18(17)24-25)23-19(26)12-5-6-12/h4,7-8,12,14,16-18,21-22,24H,5-6,9-10H2,1-3H3,(H,23,26). The van der Waals surface area contributed by atoms with Crippen LogP contribution in [-0.4, -0.2) is 56.5 Å². The third kappa shape index (κ3) is 4.17. The summed E-state index contributed by atoms with van der Waals surface area (Å²) < 4.78 is 10.7. The highest BCUT2D eigenvalue weighted by atomic mass is 16.5. The lowest BCUT2D eigenvalue weighted by molar-refractivity contribution is -0.131. The van der Waals surface area contributed by atoms with Gasteiger partial charge in [0.25, 0.3) is 0 Å². The fourth-order valence-electron chi connectivity index (χ4n) is 4.14. The van der Waals surface area contributed by atoms with E-state index in [-0.39, 0.29) is 42.0 Å². The fraction of sp³-hybridized carbons (Fsp3) is 0.600. The molecule has 158 valence electrons. The molecule has 0 spiro atoms. The number of nitrogens with one attached hydrogen (secondary N) is 4. The maximum absolute atomic E-state index is 12.7. The number of rotatable bonds is 7. The SMILES string of the molecule is COCc1ccc(NC2CC(NC(=O)C3CC3)NC3NN(C)C(=O)C23)c(OC)c1. The van der Waals surface area contributed by atoms with E-state index >= 15 is 0 Å². The largest absolute Gasteiger partial charge is 0.495 e. The highest BCUT2D eigenvalue weighted by Gasteiger charge is 2.49. The molecule has 2 aliphatic heterocycles. The molecular formula is C20H29N5O4. The van der Waals surface area contributed by atoms with Crippen LogP contribution in [0.2, 0.25) is 0 Å². The maximum atomic E-state index is 12.7. The van der Waals surface area contributed by atoms with Gasteiger partial charge in [0.15, 0.2) is 0 Å². The van der Waals surface area contributed by atoms with Crippen LogP contribution in [0.3, 0.4) is 0 Å². The first-order valence-electron chi connectivity index (χ1n) is 10.0. The van der Waals surface area contributed by atoms with Crippen molar-refractivity contribution in [2.24, 2.45) is 11.8 Å². The molecule has 0 radical (unpaired) electrons. The molecule has 3 aliphatic rings. The number of nitrogens with zero attached hydrogens (tertiary/aromatic N) is 1. The van der Waals surface area contributed by atoms with Crippen molar-refractivity contribution in [1.29, 1.82) is 0 Å². The molecule has 9 heteroatoms. The predicted octanol–water partition coefficient (Wildman–Crippen LogP) is 0.387. The second-order valence-electron chi connectivity index (χ2n) is 7.99. The number of hydrazine groups is 1. The Morgan fingerprint density at radius 1 is 1.31 bits per heavy atom. The minimum Gasteiger partial charge on any atom is -0.495 e. The third-order valence-corrected chi connectivity index (χ3v) is 5.79. The second-order valence-corrected chi connectivity index (χ2v) is 7.99. The van der Waals surface area contributed by atoms with Crippen molar-refractivity contribution in [2.45, 2.75) is 44.2 Å². The lowest BCUT2D eigenvalue weighted by Gasteiger charge is -2.38. The van der Waals surface area contributed by atoms with Crippen molar-refractivity contribution in [3.63, 3.8) is 0 Å². The van der Waals surface area contributed by atoms with Gasteiger partial charge in [0, 0.05) is 32.5 Å². The molecule has 0 bridgehead atoms. The van der Waals surface area contributed by atoms with Crippen molar-refractivity contribution in [1.82, 2.24) is 21.1 Å². The zero-order chi connectivity index (χ0) is 20.5. The molecule has 4 atom stereocenters. The zero-order valence-electron chi connectivity index (χ0n) is 17.0. The van der Waals surface area contributed by atoms with E-state index in [2.05, 4.69) is 21.4 Å². The zero-order valence-corrected chi connectivity index (χ0v) is 17.0. The molecule has 3 fully saturated rings. The molecule has 1 aromatic carbocycles. The smallest absolute Gasteiger partial charge is 0.244 e. The van der Waals surface area contributed by atoms with E-state index in [9.17, 15) is 9.59 Å². The summed E-state index contributed by atoms with van der Waals surface area (Å²) in [4.78, 5) is 25.0. The van der Waals surface area contributed by atoms with Gasteiger partial charge in [-0.05, 0) is 30.5 Å². The average Bonchev–Trinajstić information content (AvgIpc) is 3.50. The summed E-state index contributed by atoms with van der Waals surface area (Å²) >= 11 is 0. The minimum absolute atomic E-state index is 0.0157. The number of piperidine rings is 1. The number of fused-ring (bicyclic) bond motifs is 1. The number of benzene rings is 1. The van der Waals surface area contributed by atoms with Crippen LogP contribution in [0.15, 0.2) is 18.2 Å². The quantitative estimate of drug-likeness (QED) is 0.522. The summed E-state index contributed by atoms with van der Waals surface area (Å²) in [7, 11) is 4.99. The van der Waals surface area contributed by atoms with Gasteiger partial charge in [-0.15, -0.1) is 0 Å². The summed E-state index contributed by atoms with van der Waals surface area (Å²) in [5, 5.41) is 11.5. The van der Waals surface area contributed by atoms with E-state index in [1.165, 1.54) is 5.01 Å². The molecule has 9 nitrogen and oxygen atoms in total. The average molecular weight is 403 g/mol. The molecule has 4 unspecified atom stereocenters. The number of carbonyl (C=O) groups is 2. The first-order valence-corrected chi connectivity index (χ1v) is 10.0. The van der Waals surface area contributed by atoms with Crippen molar-refractivity contribution in [3.05, 3.63) is 23.8 Å². The van der Waals surface area contributed by atoms with Gasteiger partial charge in [0.2, 0.25) is 11.8 Å². The first-order chi connectivity index (χ1) is 14.0. The molecule has 29 heavy (non-hydrogen) atoms. The van der Waals surface area contributed by atoms with E-state index in [0.29, 0.717) is 18.8 Å². The Bertz CT molecular complexity index is 784. The Hall–Kier alpha value is -2.36. The molecule has 2 heterocycles. The third-order valence-electron chi connectivity index (χ3n) is 5.79. The normalized spacial score (nSPS) is 28.8. The predicted molar refractivity (Wildman–Crippen MR) is 107 cm³/mol. The van der Waals surface area contributed by atoms with Gasteiger partial charge >= 0.3 is 0 Å². The number of anilines is 1. The molecule has 1 aliphatic carbocycles. The van der Waals surface area contributed by atoms with Crippen molar-refractivity contribution in [2.75, 3.05) is 26.6 Å². The van der Waals surface area contributed by atoms with Gasteiger partial charge in [-0.3, -0.25) is 19.9 Å². The van der Waals surface area contributed by atoms with E-state index in [1.807, 2.05) is 18.2 Å². The van der Waals surface area contributed by atoms with Gasteiger partial charge in [-0.2, -0.15) is 0 Å². The van der Waals surface area contributed by atoms with Crippen LogP contribution in [-0.2, 0) is 20.9 Å². The molecule has 0 aromatic heterocycles. The minimum atomic E-state index is -0.294. The molecule has 2 saturated heterocycles. The first kappa shape index (κ1) is 19.9. The summed E-state index contributed by atoms with van der Waals surface area (Å²) in [6, 6.07) is 5.67. The van der Waals surface area contributed by atoms with Crippen LogP contribution >= 0.6 is 0 Å². The summed E-state index contributed by atoms with van der Waals surface area (Å²) in [5.41, 5.74) is 4.98. The number of hydrogen-bond donors (Lipinski definition) is 4. The van der Waals surface area contributed by atoms with Crippen LogP contribution in [0.1, 0.15) is 24.8 Å². The van der Waals surface area contributed by atoms with E-state index in [0.717, 1.165) is 24.1 Å². The summed E-state index contributed by atoms with van der Waals surface area (Å²) in [6.45, 7) is 0.497. The van der Waals surface area contributed by atoms with Crippen LogP contribution in [0.5, 0.6) is 5.75 Å². The Kier molecular flexibility index (Phi) is 5.62. The lowest BCUT2D eigenvalue weighted by Crippen LogP contribution is -2.63. The highest BCUT2D eigenvalue weighted by Crippen LogP contribution is 2.33. The monoisotopic (exact) mass is 403 g/mol. The topological polar surface area (TPSA) is 104 Å². The van der Waals surface area contributed by atoms with Crippen molar-refractivity contribution < 1.29 is 19.1 Å². The van der Waals surface area contributed by atoms with Gasteiger partial charge in [-0.1, -0.05) is 6.07 Å². The lowest BCUT2D eigenvalue weighted by atomic mass is 9.88. The molecule has 1 aromatic rings. The Morgan fingerprint density at radius 2 is 2.10 bits per heavy atom. The molecule has 1 saturated carbocycles. The van der Waals surface area contributed by atoms with E-state index in [4.69, 9.17) is 9.47 Å². The van der Waals surface area contributed by atoms with Crippen molar-refractivity contribution in [3.8, 4) is 5.75 Å². The Balaban J connectivity index is 1.54. The number of hydrogen-bond acceptors (Lipinski definition) is 7. The molecular weight excluding hydrogens is 374 g/mol. The number of carbonyl (C=O) groups excluding carboxylic acids is 2. The van der Waals surface area contributed by atoms with Gasteiger partial charge in [0.05, 0.1) is 37.7 Å². The highest BCUT2D eigenvalue weighted by molar-refractivity contribution is 5.83. The van der Waals surface area contributed by atoms with Crippen LogP contribution in [0.4, 0.5) is 5.69 Å². The van der Waals surface area contributed by atoms with Crippen LogP contribution in [0, 0.1) is 11.8 Å². The second kappa shape index (κ2) is 8.17. The molecule has 2 amide bonds. The van der Waals surface area contributed by atoms with E-state index in [1.54, 1.807) is 21.3 Å². The summed E-state index contributed by atoms with van der Waals surface area (Å²) in [6.07, 6.45) is 2.03. The number of methoxy groups -OCH3 is 2. The molecule has 4 rings (SSSR count). The number of amides is 2. The fourth-order valence-corrected chi connectivity index (χ4v) is 4.14. The van der Waals surface area contributed by atoms with Gasteiger partial charge in [-0.25, -0.2) is 5.43 Å². The Labute approximate surface area is 170 Å². The van der Waals surface area contributed by atoms with E-state index < -0.39 is 0 Å². The summed E-state index contributed by atoms with van der Waals surface area (Å²) in [5.74, 6) is 0.633. The van der Waals surface area contributed by atoms with Crippen molar-refractivity contribution >= 4 is 17.5 Å². The molecule has 4 N–H and O–H groups in total. The number of ether oxygens (including phenoxy) is 2. The van der Waals surface area contributed by atoms with Gasteiger partial charge < -0.3 is 20.1 Å². The van der Waals surface area contributed by atoms with Crippen LogP contribution < -0.4 is 26.1 Å². The van der Waals surface area contributed by atoms with Crippen LogP contribution in [0.25, 0.3) is 0 Å². The van der Waals surface area contributed by atoms with Gasteiger partial charge in [0.1, 0.15) is 5.75 Å². The Morgan fingerprint density at radius 3 is 2.79 bits per heavy atom.